The van der Waals surface area contributed by atoms with E-state index in [1.165, 1.54) is 0 Å². The predicted molar refractivity (Wildman–Crippen MR) is 80.2 cm³/mol. The van der Waals surface area contributed by atoms with Gasteiger partial charge in [0, 0.05) is 19.7 Å². The van der Waals surface area contributed by atoms with Crippen LogP contribution in [0.4, 0.5) is 0 Å². The van der Waals surface area contributed by atoms with Crippen molar-refractivity contribution in [1.82, 2.24) is 9.62 Å². The molecule has 1 N–H and O–H groups in total. The van der Waals surface area contributed by atoms with Crippen LogP contribution in [0.15, 0.2) is 0 Å². The first kappa shape index (κ1) is 16.2. The normalized spacial score (nSPS) is 27.4. The highest BCUT2D eigenvalue weighted by molar-refractivity contribution is 7.89. The molecule has 0 aliphatic carbocycles. The number of ether oxygens (including phenoxy) is 1. The zero-order chi connectivity index (χ0) is 14.4. The van der Waals surface area contributed by atoms with Gasteiger partial charge in [0.2, 0.25) is 10.0 Å². The molecule has 1 atom stereocenters. The summed E-state index contributed by atoms with van der Waals surface area (Å²) in [6.45, 7) is 3.03. The van der Waals surface area contributed by atoms with Crippen LogP contribution in [0.5, 0.6) is 0 Å². The van der Waals surface area contributed by atoms with Gasteiger partial charge < -0.3 is 10.1 Å². The van der Waals surface area contributed by atoms with Gasteiger partial charge in [-0.2, -0.15) is 4.31 Å². The number of piperidine rings is 1. The van der Waals surface area contributed by atoms with E-state index < -0.39 is 10.0 Å². The number of sulfonamides is 1. The number of rotatable bonds is 5. The van der Waals surface area contributed by atoms with Crippen LogP contribution in [0.2, 0.25) is 0 Å². The number of hydrogen-bond donors (Lipinski definition) is 1. The Hall–Kier alpha value is -0.170. The molecule has 2 aliphatic rings. The van der Waals surface area contributed by atoms with E-state index in [1.807, 2.05) is 4.31 Å². The summed E-state index contributed by atoms with van der Waals surface area (Å²) in [4.78, 5) is 0. The lowest BCUT2D eigenvalue weighted by atomic mass is 9.88. The molecule has 0 bridgehead atoms. The van der Waals surface area contributed by atoms with Crippen molar-refractivity contribution in [3.8, 4) is 0 Å². The van der Waals surface area contributed by atoms with Gasteiger partial charge in [0.25, 0.3) is 0 Å². The number of nitrogens with zero attached hydrogens (tertiary/aromatic N) is 1. The van der Waals surface area contributed by atoms with Crippen LogP contribution in [0.1, 0.15) is 38.5 Å². The summed E-state index contributed by atoms with van der Waals surface area (Å²) in [6, 6.07) is 0.210. The Labute approximate surface area is 123 Å². The molecule has 20 heavy (non-hydrogen) atoms. The Kier molecular flexibility index (Phi) is 6.26. The monoisotopic (exact) mass is 304 g/mol. The molecular formula is C14H28N2O3S. The fraction of sp³-hybridized carbons (Fsp3) is 1.00. The van der Waals surface area contributed by atoms with Crippen molar-refractivity contribution in [3.63, 3.8) is 0 Å². The Morgan fingerprint density at radius 1 is 1.15 bits per heavy atom. The largest absolute Gasteiger partial charge is 0.384 e. The molecule has 0 saturated carbocycles. The van der Waals surface area contributed by atoms with Crippen molar-refractivity contribution in [1.29, 1.82) is 0 Å². The average molecular weight is 304 g/mol. The molecule has 118 valence electrons. The second kappa shape index (κ2) is 7.73. The van der Waals surface area contributed by atoms with Crippen LogP contribution in [0.25, 0.3) is 0 Å². The maximum atomic E-state index is 12.6. The minimum Gasteiger partial charge on any atom is -0.384 e. The van der Waals surface area contributed by atoms with E-state index >= 15 is 0 Å². The molecule has 0 aromatic carbocycles. The lowest BCUT2D eigenvalue weighted by Gasteiger charge is -2.37. The second-order valence-corrected chi connectivity index (χ2v) is 7.96. The highest BCUT2D eigenvalue weighted by Gasteiger charge is 2.36. The number of hydrogen-bond acceptors (Lipinski definition) is 4. The van der Waals surface area contributed by atoms with Crippen LogP contribution in [0, 0.1) is 5.92 Å². The molecule has 0 aromatic rings. The average Bonchev–Trinajstić information content (AvgIpc) is 2.72. The minimum atomic E-state index is -3.18. The highest BCUT2D eigenvalue weighted by atomic mass is 32.2. The Balaban J connectivity index is 2.11. The maximum absolute atomic E-state index is 12.6. The van der Waals surface area contributed by atoms with Gasteiger partial charge >= 0.3 is 0 Å². The van der Waals surface area contributed by atoms with Crippen molar-refractivity contribution in [2.75, 3.05) is 39.1 Å². The zero-order valence-corrected chi connectivity index (χ0v) is 13.3. The summed E-state index contributed by atoms with van der Waals surface area (Å²) in [7, 11) is -1.62. The molecule has 2 saturated heterocycles. The van der Waals surface area contributed by atoms with Gasteiger partial charge in [-0.25, -0.2) is 8.42 Å². The fourth-order valence-corrected chi connectivity index (χ4v) is 5.17. The SMILES string of the molecule is COCCS(=O)(=O)N1CCCCCC1C1CCNCC1. The van der Waals surface area contributed by atoms with Gasteiger partial charge in [0.1, 0.15) is 0 Å². The predicted octanol–water partition coefficient (Wildman–Crippen LogP) is 1.21. The molecule has 0 radical (unpaired) electrons. The number of methoxy groups -OCH3 is 1. The Morgan fingerprint density at radius 3 is 2.60 bits per heavy atom. The lowest BCUT2D eigenvalue weighted by molar-refractivity contribution is 0.191. The highest BCUT2D eigenvalue weighted by Crippen LogP contribution is 2.30. The Bertz CT molecular complexity index is 380. The molecule has 2 rings (SSSR count). The first-order valence-corrected chi connectivity index (χ1v) is 9.45. The molecule has 0 amide bonds. The van der Waals surface area contributed by atoms with E-state index in [1.54, 1.807) is 7.11 Å². The quantitative estimate of drug-likeness (QED) is 0.829. The fourth-order valence-electron chi connectivity index (χ4n) is 3.46. The smallest absolute Gasteiger partial charge is 0.216 e. The van der Waals surface area contributed by atoms with Crippen molar-refractivity contribution >= 4 is 10.0 Å². The number of nitrogens with one attached hydrogen (secondary N) is 1. The Morgan fingerprint density at radius 2 is 1.90 bits per heavy atom. The third kappa shape index (κ3) is 4.16. The molecule has 2 fully saturated rings. The van der Waals surface area contributed by atoms with E-state index in [2.05, 4.69) is 5.32 Å². The molecule has 6 heteroatoms. The van der Waals surface area contributed by atoms with Crippen LogP contribution in [-0.4, -0.2) is 57.9 Å². The van der Waals surface area contributed by atoms with Crippen molar-refractivity contribution < 1.29 is 13.2 Å². The molecule has 2 heterocycles. The van der Waals surface area contributed by atoms with Gasteiger partial charge in [-0.3, -0.25) is 0 Å². The van der Waals surface area contributed by atoms with Crippen LogP contribution in [0.3, 0.4) is 0 Å². The summed E-state index contributed by atoms with van der Waals surface area (Å²) < 4.78 is 31.9. The van der Waals surface area contributed by atoms with Gasteiger partial charge in [0.05, 0.1) is 12.4 Å². The van der Waals surface area contributed by atoms with Crippen molar-refractivity contribution in [2.24, 2.45) is 5.92 Å². The minimum absolute atomic E-state index is 0.116. The van der Waals surface area contributed by atoms with Gasteiger partial charge in [-0.1, -0.05) is 12.8 Å². The molecule has 1 unspecified atom stereocenters. The van der Waals surface area contributed by atoms with E-state index in [0.717, 1.165) is 51.6 Å². The van der Waals surface area contributed by atoms with Gasteiger partial charge in [-0.15, -0.1) is 0 Å². The molecule has 5 nitrogen and oxygen atoms in total. The summed E-state index contributed by atoms with van der Waals surface area (Å²) >= 11 is 0. The van der Waals surface area contributed by atoms with E-state index in [-0.39, 0.29) is 18.4 Å². The van der Waals surface area contributed by atoms with Crippen LogP contribution < -0.4 is 5.32 Å². The molecule has 2 aliphatic heterocycles. The van der Waals surface area contributed by atoms with Crippen LogP contribution >= 0.6 is 0 Å². The van der Waals surface area contributed by atoms with Crippen LogP contribution in [-0.2, 0) is 14.8 Å². The summed E-state index contributed by atoms with van der Waals surface area (Å²) in [6.07, 6.45) is 6.52. The standard InChI is InChI=1S/C14H28N2O3S/c1-19-11-12-20(17,18)16-10-4-2-3-5-14(16)13-6-8-15-9-7-13/h13-15H,2-12H2,1H3. The summed E-state index contributed by atoms with van der Waals surface area (Å²) in [5.41, 5.74) is 0. The molecule has 0 aromatic heterocycles. The zero-order valence-electron chi connectivity index (χ0n) is 12.5. The topological polar surface area (TPSA) is 58.6 Å². The van der Waals surface area contributed by atoms with Gasteiger partial charge in [0.15, 0.2) is 0 Å². The molecule has 0 spiro atoms. The third-order valence-electron chi connectivity index (χ3n) is 4.58. The van der Waals surface area contributed by atoms with E-state index in [0.29, 0.717) is 12.5 Å². The molecular weight excluding hydrogens is 276 g/mol. The lowest BCUT2D eigenvalue weighted by Crippen LogP contribution is -2.48. The second-order valence-electron chi connectivity index (χ2n) is 5.92. The van der Waals surface area contributed by atoms with E-state index in [4.69, 9.17) is 4.74 Å². The van der Waals surface area contributed by atoms with Crippen molar-refractivity contribution in [2.45, 2.75) is 44.6 Å². The summed E-state index contributed by atoms with van der Waals surface area (Å²) in [5, 5.41) is 3.37. The van der Waals surface area contributed by atoms with Gasteiger partial charge in [-0.05, 0) is 44.7 Å². The first-order valence-electron chi connectivity index (χ1n) is 7.84. The third-order valence-corrected chi connectivity index (χ3v) is 6.43. The summed E-state index contributed by atoms with van der Waals surface area (Å²) in [5.74, 6) is 0.636. The maximum Gasteiger partial charge on any atom is 0.216 e. The van der Waals surface area contributed by atoms with E-state index in [9.17, 15) is 8.42 Å². The first-order chi connectivity index (χ1) is 9.65. The van der Waals surface area contributed by atoms with Crippen molar-refractivity contribution in [3.05, 3.63) is 0 Å².